The van der Waals surface area contributed by atoms with Gasteiger partial charge >= 0.3 is 5.97 Å². The third-order valence-electron chi connectivity index (χ3n) is 3.88. The van der Waals surface area contributed by atoms with Crippen molar-refractivity contribution in [3.63, 3.8) is 0 Å². The quantitative estimate of drug-likeness (QED) is 0.515. The minimum absolute atomic E-state index is 0.0732. The molecule has 0 radical (unpaired) electrons. The van der Waals surface area contributed by atoms with E-state index in [9.17, 15) is 9.59 Å². The molecule has 1 aliphatic rings. The third-order valence-corrected chi connectivity index (χ3v) is 3.88. The average Bonchev–Trinajstić information content (AvgIpc) is 3.11. The maximum atomic E-state index is 12.2. The highest BCUT2D eigenvalue weighted by molar-refractivity contribution is 6.03. The van der Waals surface area contributed by atoms with Crippen molar-refractivity contribution in [2.24, 2.45) is 11.3 Å². The van der Waals surface area contributed by atoms with Gasteiger partial charge in [0.2, 0.25) is 0 Å². The summed E-state index contributed by atoms with van der Waals surface area (Å²) < 4.78 is 4.95. The van der Waals surface area contributed by atoms with Gasteiger partial charge in [-0.2, -0.15) is 0 Å². The third kappa shape index (κ3) is 3.55. The van der Waals surface area contributed by atoms with Crippen LogP contribution in [-0.4, -0.2) is 42.9 Å². The smallest absolute Gasteiger partial charge is 0.319 e. The lowest BCUT2D eigenvalue weighted by Gasteiger charge is -2.28. The van der Waals surface area contributed by atoms with Crippen molar-refractivity contribution >= 4 is 11.8 Å². The van der Waals surface area contributed by atoms with Crippen LogP contribution in [0.2, 0.25) is 0 Å². The topological polar surface area (TPSA) is 46.6 Å². The number of rotatable bonds is 7. The van der Waals surface area contributed by atoms with Gasteiger partial charge in [0.05, 0.1) is 13.2 Å². The van der Waals surface area contributed by atoms with Crippen molar-refractivity contribution in [2.75, 3.05) is 20.2 Å². The molecular weight excluding hydrogens is 230 g/mol. The SMILES string of the molecule is CCOC(=O)C(C)(C)C(=O)CN(C)C(C)C1CC1. The average molecular weight is 255 g/mol. The molecule has 0 aliphatic heterocycles. The molecule has 0 aromatic carbocycles. The molecule has 0 bridgehead atoms. The summed E-state index contributed by atoms with van der Waals surface area (Å²) in [7, 11) is 1.95. The second-order valence-electron chi connectivity index (χ2n) is 5.76. The van der Waals surface area contributed by atoms with Crippen molar-refractivity contribution in [1.29, 1.82) is 0 Å². The van der Waals surface area contributed by atoms with Gasteiger partial charge in [-0.25, -0.2) is 0 Å². The largest absolute Gasteiger partial charge is 0.465 e. The molecule has 0 heterocycles. The maximum Gasteiger partial charge on any atom is 0.319 e. The van der Waals surface area contributed by atoms with Crippen LogP contribution in [0, 0.1) is 11.3 Å². The van der Waals surface area contributed by atoms with Crippen molar-refractivity contribution < 1.29 is 14.3 Å². The van der Waals surface area contributed by atoms with Gasteiger partial charge in [-0.15, -0.1) is 0 Å². The second-order valence-corrected chi connectivity index (χ2v) is 5.76. The van der Waals surface area contributed by atoms with Gasteiger partial charge in [0.15, 0.2) is 5.78 Å². The second kappa shape index (κ2) is 5.83. The number of carbonyl (C=O) groups excluding carboxylic acids is 2. The van der Waals surface area contributed by atoms with Crippen LogP contribution < -0.4 is 0 Å². The Labute approximate surface area is 110 Å². The Balaban J connectivity index is 2.54. The Morgan fingerprint density at radius 1 is 1.39 bits per heavy atom. The van der Waals surface area contributed by atoms with E-state index >= 15 is 0 Å². The lowest BCUT2D eigenvalue weighted by Crippen LogP contribution is -2.44. The molecule has 0 amide bonds. The fourth-order valence-corrected chi connectivity index (χ4v) is 1.93. The molecule has 1 atom stereocenters. The van der Waals surface area contributed by atoms with E-state index in [0.717, 1.165) is 0 Å². The first kappa shape index (κ1) is 15.2. The van der Waals surface area contributed by atoms with Gasteiger partial charge in [0.25, 0.3) is 0 Å². The first-order valence-electron chi connectivity index (χ1n) is 6.71. The van der Waals surface area contributed by atoms with E-state index in [1.54, 1.807) is 20.8 Å². The number of ether oxygens (including phenoxy) is 1. The molecule has 104 valence electrons. The highest BCUT2D eigenvalue weighted by Gasteiger charge is 2.39. The summed E-state index contributed by atoms with van der Waals surface area (Å²) in [5, 5.41) is 0. The first-order chi connectivity index (χ1) is 8.30. The maximum absolute atomic E-state index is 12.2. The normalized spacial score (nSPS) is 17.7. The number of hydrogen-bond donors (Lipinski definition) is 0. The fraction of sp³-hybridized carbons (Fsp3) is 0.857. The van der Waals surface area contributed by atoms with Gasteiger partial charge < -0.3 is 4.74 Å². The van der Waals surface area contributed by atoms with Crippen molar-refractivity contribution in [1.82, 2.24) is 4.90 Å². The Bertz CT molecular complexity index is 321. The Hall–Kier alpha value is -0.900. The van der Waals surface area contributed by atoms with Crippen molar-refractivity contribution in [3.05, 3.63) is 0 Å². The van der Waals surface area contributed by atoms with E-state index in [-0.39, 0.29) is 5.78 Å². The predicted octanol–water partition coefficient (Wildman–Crippen LogP) is 1.88. The zero-order chi connectivity index (χ0) is 13.9. The monoisotopic (exact) mass is 255 g/mol. The van der Waals surface area contributed by atoms with Crippen LogP contribution in [0.25, 0.3) is 0 Å². The van der Waals surface area contributed by atoms with Crippen LogP contribution in [0.1, 0.15) is 40.5 Å². The van der Waals surface area contributed by atoms with Crippen LogP contribution in [0.3, 0.4) is 0 Å². The number of nitrogens with zero attached hydrogens (tertiary/aromatic N) is 1. The first-order valence-corrected chi connectivity index (χ1v) is 6.71. The molecule has 0 aromatic heterocycles. The molecule has 0 spiro atoms. The molecule has 1 fully saturated rings. The van der Waals surface area contributed by atoms with Crippen molar-refractivity contribution in [3.8, 4) is 0 Å². The Morgan fingerprint density at radius 2 is 1.94 bits per heavy atom. The lowest BCUT2D eigenvalue weighted by atomic mass is 9.87. The van der Waals surface area contributed by atoms with E-state index in [4.69, 9.17) is 4.74 Å². The van der Waals surface area contributed by atoms with Gasteiger partial charge in [-0.05, 0) is 53.5 Å². The lowest BCUT2D eigenvalue weighted by molar-refractivity contribution is -0.158. The minimum Gasteiger partial charge on any atom is -0.465 e. The molecular formula is C14H25NO3. The number of Topliss-reactive ketones (excluding diaryl/α,β-unsaturated/α-hetero) is 1. The fourth-order valence-electron chi connectivity index (χ4n) is 1.93. The highest BCUT2D eigenvalue weighted by atomic mass is 16.5. The highest BCUT2D eigenvalue weighted by Crippen LogP contribution is 2.34. The molecule has 1 saturated carbocycles. The van der Waals surface area contributed by atoms with E-state index in [2.05, 4.69) is 6.92 Å². The van der Waals surface area contributed by atoms with Gasteiger partial charge in [0.1, 0.15) is 5.41 Å². The summed E-state index contributed by atoms with van der Waals surface area (Å²) in [4.78, 5) is 26.0. The minimum atomic E-state index is -1.05. The van der Waals surface area contributed by atoms with E-state index in [1.165, 1.54) is 12.8 Å². The molecule has 18 heavy (non-hydrogen) atoms. The van der Waals surface area contributed by atoms with Crippen LogP contribution in [0.15, 0.2) is 0 Å². The number of hydrogen-bond acceptors (Lipinski definition) is 4. The molecule has 4 heteroatoms. The van der Waals surface area contributed by atoms with Crippen LogP contribution in [-0.2, 0) is 14.3 Å². The molecule has 0 saturated heterocycles. The number of esters is 1. The van der Waals surface area contributed by atoms with E-state index < -0.39 is 11.4 Å². The Kier molecular flexibility index (Phi) is 4.91. The van der Waals surface area contributed by atoms with E-state index in [1.807, 2.05) is 11.9 Å². The van der Waals surface area contributed by atoms with Gasteiger partial charge in [0, 0.05) is 6.04 Å². The predicted molar refractivity (Wildman–Crippen MR) is 70.2 cm³/mol. The van der Waals surface area contributed by atoms with Crippen LogP contribution in [0.4, 0.5) is 0 Å². The molecule has 1 unspecified atom stereocenters. The van der Waals surface area contributed by atoms with E-state index in [0.29, 0.717) is 25.1 Å². The molecule has 4 nitrogen and oxygen atoms in total. The molecule has 0 N–H and O–H groups in total. The number of carbonyl (C=O) groups is 2. The molecule has 1 aliphatic carbocycles. The zero-order valence-electron chi connectivity index (χ0n) is 12.2. The number of likely N-dealkylation sites (N-methyl/N-ethyl adjacent to an activating group) is 1. The summed E-state index contributed by atoms with van der Waals surface area (Å²) in [5.74, 6) is 0.215. The van der Waals surface area contributed by atoms with Gasteiger partial charge in [-0.1, -0.05) is 0 Å². The van der Waals surface area contributed by atoms with Crippen molar-refractivity contribution in [2.45, 2.75) is 46.6 Å². The van der Waals surface area contributed by atoms with Crippen LogP contribution in [0.5, 0.6) is 0 Å². The summed E-state index contributed by atoms with van der Waals surface area (Å²) >= 11 is 0. The Morgan fingerprint density at radius 3 is 2.39 bits per heavy atom. The molecule has 1 rings (SSSR count). The van der Waals surface area contributed by atoms with Crippen LogP contribution >= 0.6 is 0 Å². The standard InChI is InChI=1S/C14H25NO3/c1-6-18-13(17)14(3,4)12(16)9-15(5)10(2)11-7-8-11/h10-11H,6-9H2,1-5H3. The zero-order valence-corrected chi connectivity index (χ0v) is 12.2. The summed E-state index contributed by atoms with van der Waals surface area (Å²) in [6, 6.07) is 0.409. The summed E-state index contributed by atoms with van der Waals surface area (Å²) in [6.07, 6.45) is 2.50. The van der Waals surface area contributed by atoms with Gasteiger partial charge in [-0.3, -0.25) is 14.5 Å². The molecule has 0 aromatic rings. The summed E-state index contributed by atoms with van der Waals surface area (Å²) in [5.41, 5.74) is -1.05. The summed E-state index contributed by atoms with van der Waals surface area (Å²) in [6.45, 7) is 7.79. The number of ketones is 1.